The molecule has 2 atom stereocenters. The highest BCUT2D eigenvalue weighted by Crippen LogP contribution is 2.22. The first kappa shape index (κ1) is 15.3. The van der Waals surface area contributed by atoms with Gasteiger partial charge in [0, 0.05) is 18.8 Å². The van der Waals surface area contributed by atoms with Crippen molar-refractivity contribution in [2.45, 2.75) is 44.9 Å². The molecule has 0 spiro atoms. The summed E-state index contributed by atoms with van der Waals surface area (Å²) >= 11 is 0. The largest absolute Gasteiger partial charge is 0.387 e. The molecule has 3 rings (SSSR count). The van der Waals surface area contributed by atoms with Crippen molar-refractivity contribution in [1.82, 2.24) is 14.7 Å². The zero-order chi connectivity index (χ0) is 15.4. The van der Waals surface area contributed by atoms with Gasteiger partial charge in [0.25, 0.3) is 0 Å². The van der Waals surface area contributed by atoms with Crippen LogP contribution in [0.2, 0.25) is 0 Å². The van der Waals surface area contributed by atoms with Crippen molar-refractivity contribution in [3.8, 4) is 0 Å². The minimum absolute atomic E-state index is 0.416. The van der Waals surface area contributed by atoms with Gasteiger partial charge in [-0.2, -0.15) is 5.10 Å². The van der Waals surface area contributed by atoms with E-state index in [9.17, 15) is 5.11 Å². The minimum Gasteiger partial charge on any atom is -0.387 e. The Morgan fingerprint density at radius 2 is 2.09 bits per heavy atom. The average Bonchev–Trinajstić information content (AvgIpc) is 2.95. The molecule has 1 aliphatic heterocycles. The van der Waals surface area contributed by atoms with Gasteiger partial charge in [-0.05, 0) is 37.4 Å². The Labute approximate surface area is 132 Å². The maximum Gasteiger partial charge on any atom is 0.0917 e. The molecule has 1 saturated heterocycles. The highest BCUT2D eigenvalue weighted by molar-refractivity contribution is 5.17. The van der Waals surface area contributed by atoms with Crippen molar-refractivity contribution < 1.29 is 5.11 Å². The lowest BCUT2D eigenvalue weighted by molar-refractivity contribution is 0.0591. The molecule has 4 heteroatoms. The SMILES string of the molecule is Cc1cnn(CC2CCCCN2CC(O)c2ccccc2)c1. The summed E-state index contributed by atoms with van der Waals surface area (Å²) in [5.74, 6) is 0. The summed E-state index contributed by atoms with van der Waals surface area (Å²) in [6, 6.07) is 10.4. The molecule has 22 heavy (non-hydrogen) atoms. The van der Waals surface area contributed by atoms with Crippen molar-refractivity contribution in [1.29, 1.82) is 0 Å². The molecular weight excluding hydrogens is 274 g/mol. The molecule has 1 fully saturated rings. The number of aliphatic hydroxyl groups excluding tert-OH is 1. The van der Waals surface area contributed by atoms with Crippen LogP contribution < -0.4 is 0 Å². The van der Waals surface area contributed by atoms with Gasteiger partial charge in [0.1, 0.15) is 0 Å². The van der Waals surface area contributed by atoms with Crippen LogP contribution in [0.5, 0.6) is 0 Å². The highest BCUT2D eigenvalue weighted by atomic mass is 16.3. The molecule has 1 aliphatic rings. The van der Waals surface area contributed by atoms with Crippen molar-refractivity contribution in [3.05, 3.63) is 53.9 Å². The third-order valence-corrected chi connectivity index (χ3v) is 4.50. The molecule has 1 N–H and O–H groups in total. The van der Waals surface area contributed by atoms with Gasteiger partial charge in [0.2, 0.25) is 0 Å². The van der Waals surface area contributed by atoms with Crippen LogP contribution in [-0.4, -0.2) is 38.9 Å². The first-order valence-corrected chi connectivity index (χ1v) is 8.18. The lowest BCUT2D eigenvalue weighted by Gasteiger charge is -2.37. The van der Waals surface area contributed by atoms with Gasteiger partial charge in [-0.3, -0.25) is 9.58 Å². The average molecular weight is 299 g/mol. The van der Waals surface area contributed by atoms with E-state index in [0.717, 1.165) is 18.7 Å². The van der Waals surface area contributed by atoms with Gasteiger partial charge >= 0.3 is 0 Å². The fourth-order valence-corrected chi connectivity index (χ4v) is 3.29. The van der Waals surface area contributed by atoms with Gasteiger partial charge in [-0.15, -0.1) is 0 Å². The fraction of sp³-hybridized carbons (Fsp3) is 0.500. The number of β-amino-alcohol motifs (C(OH)–C–C–N with tert-alkyl or cyclic N) is 1. The van der Waals surface area contributed by atoms with E-state index in [-0.39, 0.29) is 0 Å². The van der Waals surface area contributed by atoms with Crippen LogP contribution in [-0.2, 0) is 6.54 Å². The monoisotopic (exact) mass is 299 g/mol. The third kappa shape index (κ3) is 3.76. The highest BCUT2D eigenvalue weighted by Gasteiger charge is 2.25. The Hall–Kier alpha value is -1.65. The maximum absolute atomic E-state index is 10.5. The summed E-state index contributed by atoms with van der Waals surface area (Å²) in [5, 5.41) is 14.9. The van der Waals surface area contributed by atoms with E-state index in [1.165, 1.54) is 24.8 Å². The number of aliphatic hydroxyl groups is 1. The normalized spacial score (nSPS) is 20.9. The second-order valence-electron chi connectivity index (χ2n) is 6.31. The number of piperidine rings is 1. The van der Waals surface area contributed by atoms with Crippen LogP contribution in [0.4, 0.5) is 0 Å². The molecule has 0 bridgehead atoms. The van der Waals surface area contributed by atoms with Gasteiger partial charge < -0.3 is 5.11 Å². The second-order valence-corrected chi connectivity index (χ2v) is 6.31. The molecule has 118 valence electrons. The van der Waals surface area contributed by atoms with Crippen molar-refractivity contribution >= 4 is 0 Å². The molecule has 1 aromatic heterocycles. The van der Waals surface area contributed by atoms with E-state index >= 15 is 0 Å². The molecular formula is C18H25N3O. The first-order chi connectivity index (χ1) is 10.7. The number of rotatable bonds is 5. The molecule has 2 aromatic rings. The number of nitrogens with zero attached hydrogens (tertiary/aromatic N) is 3. The first-order valence-electron chi connectivity index (χ1n) is 8.18. The van der Waals surface area contributed by atoms with Crippen LogP contribution in [0.15, 0.2) is 42.7 Å². The van der Waals surface area contributed by atoms with E-state index < -0.39 is 6.10 Å². The summed E-state index contributed by atoms with van der Waals surface area (Å²) in [7, 11) is 0. The summed E-state index contributed by atoms with van der Waals surface area (Å²) < 4.78 is 2.03. The zero-order valence-electron chi connectivity index (χ0n) is 13.2. The molecule has 4 nitrogen and oxygen atoms in total. The fourth-order valence-electron chi connectivity index (χ4n) is 3.29. The van der Waals surface area contributed by atoms with E-state index in [2.05, 4.69) is 23.1 Å². The lowest BCUT2D eigenvalue weighted by atomic mass is 10.00. The molecule has 0 amide bonds. The minimum atomic E-state index is -0.416. The van der Waals surface area contributed by atoms with E-state index in [1.54, 1.807) is 0 Å². The van der Waals surface area contributed by atoms with E-state index in [4.69, 9.17) is 0 Å². The Kier molecular flexibility index (Phi) is 4.90. The van der Waals surface area contributed by atoms with Crippen molar-refractivity contribution in [2.75, 3.05) is 13.1 Å². The summed E-state index contributed by atoms with van der Waals surface area (Å²) in [6.07, 6.45) is 7.26. The smallest absolute Gasteiger partial charge is 0.0917 e. The van der Waals surface area contributed by atoms with Gasteiger partial charge in [0.15, 0.2) is 0 Å². The maximum atomic E-state index is 10.5. The number of hydrogen-bond donors (Lipinski definition) is 1. The summed E-state index contributed by atoms with van der Waals surface area (Å²) in [4.78, 5) is 2.43. The van der Waals surface area contributed by atoms with Crippen LogP contribution >= 0.6 is 0 Å². The summed E-state index contributed by atoms with van der Waals surface area (Å²) in [6.45, 7) is 4.75. The lowest BCUT2D eigenvalue weighted by Crippen LogP contribution is -2.44. The van der Waals surface area contributed by atoms with Crippen molar-refractivity contribution in [2.24, 2.45) is 0 Å². The van der Waals surface area contributed by atoms with Gasteiger partial charge in [-0.25, -0.2) is 0 Å². The number of benzene rings is 1. The standard InChI is InChI=1S/C18H25N3O/c1-15-11-19-21(12-15)13-17-9-5-6-10-20(17)14-18(22)16-7-3-2-4-8-16/h2-4,7-8,11-12,17-18,22H,5-6,9-10,13-14H2,1H3. The zero-order valence-corrected chi connectivity index (χ0v) is 13.2. The summed E-state index contributed by atoms with van der Waals surface area (Å²) in [5.41, 5.74) is 2.20. The second kappa shape index (κ2) is 7.07. The number of likely N-dealkylation sites (tertiary alicyclic amines) is 1. The predicted molar refractivity (Wildman–Crippen MR) is 87.6 cm³/mol. The number of aryl methyl sites for hydroxylation is 1. The van der Waals surface area contributed by atoms with E-state index in [1.807, 2.05) is 41.2 Å². The molecule has 2 heterocycles. The molecule has 0 saturated carbocycles. The van der Waals surface area contributed by atoms with E-state index in [0.29, 0.717) is 12.6 Å². The molecule has 0 aliphatic carbocycles. The Balaban J connectivity index is 1.64. The Morgan fingerprint density at radius 1 is 1.27 bits per heavy atom. The number of hydrogen-bond acceptors (Lipinski definition) is 3. The van der Waals surface area contributed by atoms with Gasteiger partial charge in [0.05, 0.1) is 18.8 Å². The quantitative estimate of drug-likeness (QED) is 0.923. The van der Waals surface area contributed by atoms with Crippen LogP contribution in [0.1, 0.15) is 36.5 Å². The van der Waals surface area contributed by atoms with Crippen molar-refractivity contribution in [3.63, 3.8) is 0 Å². The van der Waals surface area contributed by atoms with Gasteiger partial charge in [-0.1, -0.05) is 36.8 Å². The van der Waals surface area contributed by atoms with Crippen LogP contribution in [0.3, 0.4) is 0 Å². The molecule has 0 radical (unpaired) electrons. The molecule has 1 aromatic carbocycles. The van der Waals surface area contributed by atoms with Crippen LogP contribution in [0.25, 0.3) is 0 Å². The predicted octanol–water partition coefficient (Wildman–Crippen LogP) is 2.78. The Morgan fingerprint density at radius 3 is 2.82 bits per heavy atom. The Bertz CT molecular complexity index is 581. The van der Waals surface area contributed by atoms with Crippen LogP contribution in [0, 0.1) is 6.92 Å². The molecule has 2 unspecified atom stereocenters. The third-order valence-electron chi connectivity index (χ3n) is 4.50. The topological polar surface area (TPSA) is 41.3 Å². The number of aromatic nitrogens is 2.